The number of ether oxygens (including phenoxy) is 2. The van der Waals surface area contributed by atoms with Gasteiger partial charge in [-0.25, -0.2) is 0 Å². The molecule has 0 bridgehead atoms. The van der Waals surface area contributed by atoms with Crippen LogP contribution in [0.15, 0.2) is 47.4 Å². The molecule has 1 aliphatic heterocycles. The molecule has 0 saturated carbocycles. The monoisotopic (exact) mass is 328 g/mol. The maximum atomic E-state index is 5.38. The fourth-order valence-electron chi connectivity index (χ4n) is 3.65. The van der Waals surface area contributed by atoms with E-state index >= 15 is 0 Å². The molecule has 0 radical (unpaired) electrons. The molecule has 0 N–H and O–H groups in total. The van der Waals surface area contributed by atoms with E-state index in [-0.39, 0.29) is 5.41 Å². The molecule has 0 aliphatic carbocycles. The lowest BCUT2D eigenvalue weighted by Crippen LogP contribution is -2.35. The van der Waals surface area contributed by atoms with Crippen molar-refractivity contribution in [2.45, 2.75) is 36.5 Å². The van der Waals surface area contributed by atoms with E-state index in [0.717, 1.165) is 23.7 Å². The third-order valence-electron chi connectivity index (χ3n) is 5.05. The fourth-order valence-corrected chi connectivity index (χ4v) is 5.05. The summed E-state index contributed by atoms with van der Waals surface area (Å²) in [5.41, 5.74) is 2.97. The second kappa shape index (κ2) is 6.48. The number of fused-ring (bicyclic) bond motifs is 1. The van der Waals surface area contributed by atoms with Gasteiger partial charge in [-0.15, -0.1) is 11.8 Å². The summed E-state index contributed by atoms with van der Waals surface area (Å²) < 4.78 is 10.7. The maximum absolute atomic E-state index is 5.38. The van der Waals surface area contributed by atoms with Crippen molar-refractivity contribution in [1.82, 2.24) is 0 Å². The minimum absolute atomic E-state index is 0.132. The molecule has 0 amide bonds. The molecule has 1 aliphatic rings. The lowest BCUT2D eigenvalue weighted by Gasteiger charge is -2.42. The van der Waals surface area contributed by atoms with Crippen LogP contribution >= 0.6 is 11.8 Å². The van der Waals surface area contributed by atoms with Crippen molar-refractivity contribution in [2.75, 3.05) is 20.0 Å². The first-order chi connectivity index (χ1) is 11.1. The van der Waals surface area contributed by atoms with Gasteiger partial charge in [-0.3, -0.25) is 0 Å². The highest BCUT2D eigenvalue weighted by atomic mass is 32.2. The molecule has 3 heteroatoms. The molecule has 0 unspecified atom stereocenters. The van der Waals surface area contributed by atoms with E-state index in [4.69, 9.17) is 9.47 Å². The van der Waals surface area contributed by atoms with E-state index in [0.29, 0.717) is 5.92 Å². The predicted octanol–water partition coefficient (Wildman–Crippen LogP) is 5.26. The molecule has 2 atom stereocenters. The SMILES string of the molecule is CC[C@@H]1c2ccc(OC)cc2SC[C@]1(C)c1ccc(OC)cc1. The van der Waals surface area contributed by atoms with E-state index in [1.165, 1.54) is 16.0 Å². The van der Waals surface area contributed by atoms with Crippen molar-refractivity contribution in [1.29, 1.82) is 0 Å². The van der Waals surface area contributed by atoms with Crippen LogP contribution in [0.3, 0.4) is 0 Å². The molecular weight excluding hydrogens is 304 g/mol. The van der Waals surface area contributed by atoms with Crippen LogP contribution in [-0.2, 0) is 5.41 Å². The molecule has 2 aromatic rings. The molecule has 122 valence electrons. The summed E-state index contributed by atoms with van der Waals surface area (Å²) in [6.45, 7) is 4.68. The molecule has 3 rings (SSSR count). The van der Waals surface area contributed by atoms with Crippen molar-refractivity contribution in [3.63, 3.8) is 0 Å². The Morgan fingerprint density at radius 2 is 1.70 bits per heavy atom. The lowest BCUT2D eigenvalue weighted by molar-refractivity contribution is 0.389. The lowest BCUT2D eigenvalue weighted by atomic mass is 9.68. The van der Waals surface area contributed by atoms with Crippen LogP contribution < -0.4 is 9.47 Å². The zero-order valence-electron chi connectivity index (χ0n) is 14.3. The van der Waals surface area contributed by atoms with Crippen molar-refractivity contribution < 1.29 is 9.47 Å². The van der Waals surface area contributed by atoms with Crippen LogP contribution in [-0.4, -0.2) is 20.0 Å². The van der Waals surface area contributed by atoms with Crippen molar-refractivity contribution in [3.8, 4) is 11.5 Å². The summed E-state index contributed by atoms with van der Waals surface area (Å²) in [6, 6.07) is 15.1. The minimum Gasteiger partial charge on any atom is -0.497 e. The summed E-state index contributed by atoms with van der Waals surface area (Å²) in [5, 5.41) is 0. The summed E-state index contributed by atoms with van der Waals surface area (Å²) >= 11 is 1.94. The van der Waals surface area contributed by atoms with Gasteiger partial charge >= 0.3 is 0 Å². The van der Waals surface area contributed by atoms with Crippen LogP contribution in [0.2, 0.25) is 0 Å². The second-order valence-corrected chi connectivity index (χ2v) is 7.32. The molecule has 2 aromatic carbocycles. The van der Waals surface area contributed by atoms with Gasteiger partial charge in [0.2, 0.25) is 0 Å². The number of thioether (sulfide) groups is 1. The standard InChI is InChI=1S/C20H24O2S/c1-5-18-17-11-10-16(22-4)12-19(17)23-13-20(18,2)14-6-8-15(21-3)9-7-14/h6-12,18H,5,13H2,1-4H3/t18-,20-/m1/s1. The van der Waals surface area contributed by atoms with E-state index in [1.54, 1.807) is 14.2 Å². The Kier molecular flexibility index (Phi) is 4.58. The summed E-state index contributed by atoms with van der Waals surface area (Å²) in [7, 11) is 3.44. The molecule has 1 heterocycles. The maximum Gasteiger partial charge on any atom is 0.119 e. The highest BCUT2D eigenvalue weighted by Crippen LogP contribution is 2.51. The van der Waals surface area contributed by atoms with E-state index in [9.17, 15) is 0 Å². The van der Waals surface area contributed by atoms with Crippen LogP contribution in [0, 0.1) is 0 Å². The summed E-state index contributed by atoms with van der Waals surface area (Å²) in [5.74, 6) is 3.45. The first kappa shape index (κ1) is 16.3. The number of benzene rings is 2. The van der Waals surface area contributed by atoms with Gasteiger partial charge in [0.25, 0.3) is 0 Å². The average Bonchev–Trinajstić information content (AvgIpc) is 2.61. The smallest absolute Gasteiger partial charge is 0.119 e. The Morgan fingerprint density at radius 1 is 1.04 bits per heavy atom. The highest BCUT2D eigenvalue weighted by molar-refractivity contribution is 7.99. The topological polar surface area (TPSA) is 18.5 Å². The number of rotatable bonds is 4. The Hall–Kier alpha value is -1.61. The molecule has 0 fully saturated rings. The molecule has 2 nitrogen and oxygen atoms in total. The summed E-state index contributed by atoms with van der Waals surface area (Å²) in [4.78, 5) is 1.36. The van der Waals surface area contributed by atoms with Crippen LogP contribution in [0.4, 0.5) is 0 Å². The van der Waals surface area contributed by atoms with Gasteiger partial charge in [-0.05, 0) is 47.7 Å². The number of hydrogen-bond donors (Lipinski definition) is 0. The Balaban J connectivity index is 2.01. The van der Waals surface area contributed by atoms with Gasteiger partial charge in [-0.1, -0.05) is 32.0 Å². The molecule has 0 spiro atoms. The van der Waals surface area contributed by atoms with Gasteiger partial charge < -0.3 is 9.47 Å². The first-order valence-electron chi connectivity index (χ1n) is 8.07. The summed E-state index contributed by atoms with van der Waals surface area (Å²) in [6.07, 6.45) is 1.13. The molecule has 0 saturated heterocycles. The Labute approximate surface area is 143 Å². The van der Waals surface area contributed by atoms with Crippen LogP contribution in [0.25, 0.3) is 0 Å². The van der Waals surface area contributed by atoms with Crippen molar-refractivity contribution >= 4 is 11.8 Å². The fraction of sp³-hybridized carbons (Fsp3) is 0.400. The third-order valence-corrected chi connectivity index (χ3v) is 6.46. The quantitative estimate of drug-likeness (QED) is 0.762. The molecular formula is C20H24O2S. The number of hydrogen-bond acceptors (Lipinski definition) is 3. The second-order valence-electron chi connectivity index (χ2n) is 6.30. The Morgan fingerprint density at radius 3 is 2.30 bits per heavy atom. The van der Waals surface area contributed by atoms with Gasteiger partial charge in [0.1, 0.15) is 11.5 Å². The molecule has 0 aromatic heterocycles. The van der Waals surface area contributed by atoms with E-state index < -0.39 is 0 Å². The zero-order chi connectivity index (χ0) is 16.4. The van der Waals surface area contributed by atoms with Gasteiger partial charge in [0.15, 0.2) is 0 Å². The zero-order valence-corrected chi connectivity index (χ0v) is 15.1. The predicted molar refractivity (Wildman–Crippen MR) is 97.1 cm³/mol. The van der Waals surface area contributed by atoms with Crippen LogP contribution in [0.1, 0.15) is 37.3 Å². The normalized spacial score (nSPS) is 23.2. The van der Waals surface area contributed by atoms with E-state index in [2.05, 4.69) is 56.3 Å². The van der Waals surface area contributed by atoms with Crippen LogP contribution in [0.5, 0.6) is 11.5 Å². The van der Waals surface area contributed by atoms with Gasteiger partial charge in [0, 0.05) is 16.1 Å². The van der Waals surface area contributed by atoms with Gasteiger partial charge in [0.05, 0.1) is 14.2 Å². The number of methoxy groups -OCH3 is 2. The Bertz CT molecular complexity index is 681. The van der Waals surface area contributed by atoms with Gasteiger partial charge in [-0.2, -0.15) is 0 Å². The van der Waals surface area contributed by atoms with E-state index in [1.807, 2.05) is 11.8 Å². The highest BCUT2D eigenvalue weighted by Gasteiger charge is 2.40. The third kappa shape index (κ3) is 2.83. The van der Waals surface area contributed by atoms with Crippen molar-refractivity contribution in [3.05, 3.63) is 53.6 Å². The first-order valence-corrected chi connectivity index (χ1v) is 9.06. The minimum atomic E-state index is 0.132. The molecule has 23 heavy (non-hydrogen) atoms. The van der Waals surface area contributed by atoms with Crippen molar-refractivity contribution in [2.24, 2.45) is 0 Å². The average molecular weight is 328 g/mol. The largest absolute Gasteiger partial charge is 0.497 e.